The molecule has 0 radical (unpaired) electrons. The third-order valence-electron chi connectivity index (χ3n) is 2.23. The van der Waals surface area contributed by atoms with Gasteiger partial charge in [-0.1, -0.05) is 0 Å². The highest BCUT2D eigenvalue weighted by Crippen LogP contribution is 2.19. The molecule has 0 bridgehead atoms. The third kappa shape index (κ3) is 1.52. The Morgan fingerprint density at radius 1 is 1.36 bits per heavy atom. The molecule has 1 unspecified atom stereocenters. The van der Waals surface area contributed by atoms with E-state index in [-0.39, 0.29) is 6.17 Å². The summed E-state index contributed by atoms with van der Waals surface area (Å²) in [6.45, 7) is 0. The molecule has 0 saturated heterocycles. The third-order valence-corrected chi connectivity index (χ3v) is 2.23. The second kappa shape index (κ2) is 3.59. The lowest BCUT2D eigenvalue weighted by atomic mass is 10.1. The standard InChI is InChI=1S/C10H12N4/c1-14-7-13-6-9(10(14)11)8-2-4-12-5-3-8/h2-7,10H,11H2,1H3. The van der Waals surface area contributed by atoms with Gasteiger partial charge in [0, 0.05) is 31.2 Å². The number of aromatic nitrogens is 1. The molecule has 2 rings (SSSR count). The van der Waals surface area contributed by atoms with E-state index in [4.69, 9.17) is 5.73 Å². The predicted molar refractivity (Wildman–Crippen MR) is 56.4 cm³/mol. The maximum absolute atomic E-state index is 6.00. The van der Waals surface area contributed by atoms with Gasteiger partial charge in [-0.2, -0.15) is 0 Å². The monoisotopic (exact) mass is 188 g/mol. The number of likely N-dealkylation sites (N-methyl/N-ethyl adjacent to an activating group) is 1. The van der Waals surface area contributed by atoms with Gasteiger partial charge in [0.25, 0.3) is 0 Å². The van der Waals surface area contributed by atoms with Gasteiger partial charge in [0.05, 0.1) is 6.34 Å². The summed E-state index contributed by atoms with van der Waals surface area (Å²) in [5.74, 6) is 0. The summed E-state index contributed by atoms with van der Waals surface area (Å²) in [6, 6.07) is 3.86. The van der Waals surface area contributed by atoms with E-state index in [2.05, 4.69) is 9.98 Å². The van der Waals surface area contributed by atoms with Gasteiger partial charge in [0.1, 0.15) is 6.17 Å². The Hall–Kier alpha value is -1.68. The molecule has 1 aliphatic rings. The van der Waals surface area contributed by atoms with Crippen LogP contribution in [-0.4, -0.2) is 29.4 Å². The topological polar surface area (TPSA) is 54.5 Å². The van der Waals surface area contributed by atoms with Crippen molar-refractivity contribution in [2.75, 3.05) is 7.05 Å². The van der Waals surface area contributed by atoms with Crippen molar-refractivity contribution < 1.29 is 0 Å². The molecule has 1 aromatic rings. The molecule has 4 heteroatoms. The zero-order chi connectivity index (χ0) is 9.97. The summed E-state index contributed by atoms with van der Waals surface area (Å²) < 4.78 is 0. The molecule has 1 atom stereocenters. The van der Waals surface area contributed by atoms with Crippen molar-refractivity contribution in [3.8, 4) is 0 Å². The number of rotatable bonds is 1. The fourth-order valence-corrected chi connectivity index (χ4v) is 1.38. The Morgan fingerprint density at radius 3 is 2.79 bits per heavy atom. The molecule has 14 heavy (non-hydrogen) atoms. The van der Waals surface area contributed by atoms with E-state index in [9.17, 15) is 0 Å². The van der Waals surface area contributed by atoms with Crippen molar-refractivity contribution in [2.24, 2.45) is 10.7 Å². The lowest BCUT2D eigenvalue weighted by Crippen LogP contribution is -2.40. The van der Waals surface area contributed by atoms with E-state index >= 15 is 0 Å². The van der Waals surface area contributed by atoms with Crippen LogP contribution in [0.5, 0.6) is 0 Å². The average molecular weight is 188 g/mol. The number of hydrogen-bond acceptors (Lipinski definition) is 4. The van der Waals surface area contributed by atoms with Gasteiger partial charge >= 0.3 is 0 Å². The molecule has 0 fully saturated rings. The van der Waals surface area contributed by atoms with Crippen molar-refractivity contribution in [2.45, 2.75) is 6.17 Å². The van der Waals surface area contributed by atoms with Crippen molar-refractivity contribution in [1.29, 1.82) is 0 Å². The fraction of sp³-hybridized carbons (Fsp3) is 0.200. The average Bonchev–Trinajstić information content (AvgIpc) is 2.23. The molecule has 0 aromatic carbocycles. The minimum atomic E-state index is -0.130. The maximum Gasteiger partial charge on any atom is 0.106 e. The lowest BCUT2D eigenvalue weighted by Gasteiger charge is -2.27. The van der Waals surface area contributed by atoms with E-state index in [1.807, 2.05) is 24.1 Å². The first kappa shape index (κ1) is 8.90. The number of hydrogen-bond donors (Lipinski definition) is 1. The fourth-order valence-electron chi connectivity index (χ4n) is 1.38. The Bertz CT molecular complexity index is 369. The van der Waals surface area contributed by atoms with Crippen LogP contribution in [0, 0.1) is 0 Å². The highest BCUT2D eigenvalue weighted by molar-refractivity contribution is 5.75. The Kier molecular flexibility index (Phi) is 2.28. The number of nitrogens with zero attached hydrogens (tertiary/aromatic N) is 3. The quantitative estimate of drug-likeness (QED) is 0.705. The van der Waals surface area contributed by atoms with Crippen molar-refractivity contribution in [1.82, 2.24) is 9.88 Å². The predicted octanol–water partition coefficient (Wildman–Crippen LogP) is 0.681. The molecule has 0 amide bonds. The Labute approximate surface area is 82.8 Å². The number of pyridine rings is 1. The highest BCUT2D eigenvalue weighted by atomic mass is 15.2. The van der Waals surface area contributed by atoms with Crippen LogP contribution >= 0.6 is 0 Å². The lowest BCUT2D eigenvalue weighted by molar-refractivity contribution is 0.454. The van der Waals surface area contributed by atoms with Gasteiger partial charge in [-0.25, -0.2) is 4.99 Å². The first-order chi connectivity index (χ1) is 6.79. The summed E-state index contributed by atoms with van der Waals surface area (Å²) in [5.41, 5.74) is 8.08. The zero-order valence-electron chi connectivity index (χ0n) is 7.96. The summed E-state index contributed by atoms with van der Waals surface area (Å²) in [6.07, 6.45) is 6.88. The van der Waals surface area contributed by atoms with Crippen LogP contribution in [0.2, 0.25) is 0 Å². The molecular formula is C10H12N4. The minimum absolute atomic E-state index is 0.130. The second-order valence-electron chi connectivity index (χ2n) is 3.20. The van der Waals surface area contributed by atoms with Gasteiger partial charge in [-0.05, 0) is 17.7 Å². The smallest absolute Gasteiger partial charge is 0.106 e. The van der Waals surface area contributed by atoms with Crippen LogP contribution in [0.15, 0.2) is 35.7 Å². The van der Waals surface area contributed by atoms with Gasteiger partial charge in [0.2, 0.25) is 0 Å². The molecule has 0 aliphatic carbocycles. The Morgan fingerprint density at radius 2 is 2.07 bits per heavy atom. The molecule has 72 valence electrons. The van der Waals surface area contributed by atoms with Crippen LogP contribution in [0.25, 0.3) is 5.57 Å². The van der Waals surface area contributed by atoms with Crippen molar-refractivity contribution in [3.05, 3.63) is 36.3 Å². The SMILES string of the molecule is CN1C=NC=C(c2ccncc2)C1N. The maximum atomic E-state index is 6.00. The Balaban J connectivity index is 2.35. The first-order valence-corrected chi connectivity index (χ1v) is 4.40. The van der Waals surface area contributed by atoms with Gasteiger partial charge in [-0.15, -0.1) is 0 Å². The molecule has 4 nitrogen and oxygen atoms in total. The van der Waals surface area contributed by atoms with Crippen LogP contribution in [0.1, 0.15) is 5.56 Å². The van der Waals surface area contributed by atoms with Gasteiger partial charge < -0.3 is 10.6 Å². The molecule has 0 spiro atoms. The zero-order valence-corrected chi connectivity index (χ0v) is 7.96. The molecule has 0 saturated carbocycles. The van der Waals surface area contributed by atoms with Crippen LogP contribution in [0.3, 0.4) is 0 Å². The molecule has 1 aromatic heterocycles. The van der Waals surface area contributed by atoms with Gasteiger partial charge in [-0.3, -0.25) is 4.98 Å². The second-order valence-corrected chi connectivity index (χ2v) is 3.20. The van der Waals surface area contributed by atoms with Crippen LogP contribution in [-0.2, 0) is 0 Å². The van der Waals surface area contributed by atoms with E-state index in [0.717, 1.165) is 11.1 Å². The van der Waals surface area contributed by atoms with Crippen LogP contribution < -0.4 is 5.73 Å². The number of aliphatic imine (C=N–C) groups is 1. The summed E-state index contributed by atoms with van der Waals surface area (Å²) >= 11 is 0. The first-order valence-electron chi connectivity index (χ1n) is 4.40. The van der Waals surface area contributed by atoms with Gasteiger partial charge in [0.15, 0.2) is 0 Å². The van der Waals surface area contributed by atoms with Crippen molar-refractivity contribution >= 4 is 11.9 Å². The molecule has 2 N–H and O–H groups in total. The molecule has 2 heterocycles. The van der Waals surface area contributed by atoms with E-state index in [1.54, 1.807) is 24.9 Å². The number of nitrogens with two attached hydrogens (primary N) is 1. The molecule has 1 aliphatic heterocycles. The molecular weight excluding hydrogens is 176 g/mol. The van der Waals surface area contributed by atoms with E-state index < -0.39 is 0 Å². The normalized spacial score (nSPS) is 20.9. The van der Waals surface area contributed by atoms with Crippen molar-refractivity contribution in [3.63, 3.8) is 0 Å². The van der Waals surface area contributed by atoms with E-state index in [1.165, 1.54) is 0 Å². The van der Waals surface area contributed by atoms with Crippen LogP contribution in [0.4, 0.5) is 0 Å². The highest BCUT2D eigenvalue weighted by Gasteiger charge is 2.16. The summed E-state index contributed by atoms with van der Waals surface area (Å²) in [4.78, 5) is 9.94. The minimum Gasteiger partial charge on any atom is -0.346 e. The van der Waals surface area contributed by atoms with E-state index in [0.29, 0.717) is 0 Å². The summed E-state index contributed by atoms with van der Waals surface area (Å²) in [5, 5.41) is 0. The largest absolute Gasteiger partial charge is 0.346 e. The summed E-state index contributed by atoms with van der Waals surface area (Å²) in [7, 11) is 1.91.